The molecule has 0 amide bonds. The van der Waals surface area contributed by atoms with Crippen LogP contribution in [0, 0.1) is 0 Å². The van der Waals surface area contributed by atoms with E-state index in [4.69, 9.17) is 9.47 Å². The van der Waals surface area contributed by atoms with Gasteiger partial charge in [-0.25, -0.2) is 0 Å². The summed E-state index contributed by atoms with van der Waals surface area (Å²) in [5.74, 6) is 0. The van der Waals surface area contributed by atoms with E-state index in [1.807, 2.05) is 13.8 Å². The smallest absolute Gasteiger partial charge is 0.289 e. The Morgan fingerprint density at radius 3 is 1.42 bits per heavy atom. The maximum absolute atomic E-state index is 12.0. The molecule has 0 saturated heterocycles. The van der Waals surface area contributed by atoms with E-state index < -0.39 is 16.1 Å². The van der Waals surface area contributed by atoms with Gasteiger partial charge in [0.2, 0.25) is 0 Å². The van der Waals surface area contributed by atoms with Crippen molar-refractivity contribution < 1.29 is 9.47 Å². The first-order chi connectivity index (χ1) is 11.0. The van der Waals surface area contributed by atoms with Gasteiger partial charge >= 0.3 is 0 Å². The van der Waals surface area contributed by atoms with Gasteiger partial charge in [0.15, 0.2) is 0 Å². The predicted octanol–water partition coefficient (Wildman–Crippen LogP) is 5.83. The largest absolute Gasteiger partial charge is 0.371 e. The molecule has 2 unspecified atom stereocenters. The van der Waals surface area contributed by atoms with Crippen molar-refractivity contribution in [1.29, 1.82) is 0 Å². The summed E-state index contributed by atoms with van der Waals surface area (Å²) in [4.78, 5) is 12.0. The zero-order chi connectivity index (χ0) is 18.5. The van der Waals surface area contributed by atoms with Gasteiger partial charge < -0.3 is 9.47 Å². The first kappa shape index (κ1) is 22.9. The molecule has 9 heteroatoms. The van der Waals surface area contributed by atoms with Gasteiger partial charge in [0.25, 0.3) is 4.06 Å². The van der Waals surface area contributed by atoms with E-state index in [1.165, 1.54) is 22.7 Å². The van der Waals surface area contributed by atoms with Gasteiger partial charge in [0.1, 0.15) is 0 Å². The lowest BCUT2D eigenvalue weighted by atomic mass is 10.9. The molecule has 0 aliphatic rings. The quantitative estimate of drug-likeness (QED) is 0.258. The van der Waals surface area contributed by atoms with Gasteiger partial charge in [-0.3, -0.25) is 4.79 Å². The van der Waals surface area contributed by atoms with Crippen molar-refractivity contribution >= 4 is 62.3 Å². The van der Waals surface area contributed by atoms with E-state index in [0.717, 1.165) is 8.42 Å². The minimum Gasteiger partial charge on any atom is -0.371 e. The summed E-state index contributed by atoms with van der Waals surface area (Å²) in [5, 5.41) is 0.342. The Morgan fingerprint density at radius 1 is 0.833 bits per heavy atom. The number of thioether (sulfide) groups is 2. The van der Waals surface area contributed by atoms with Crippen molar-refractivity contribution in [3.05, 3.63) is 8.85 Å². The average molecular weight is 443 g/mol. The maximum Gasteiger partial charge on any atom is 0.289 e. The van der Waals surface area contributed by atoms with E-state index in [-0.39, 0.29) is 14.2 Å². The van der Waals surface area contributed by atoms with Gasteiger partial charge in [0, 0.05) is 13.2 Å². The Labute approximate surface area is 164 Å². The van der Waals surface area contributed by atoms with E-state index in [0.29, 0.717) is 13.2 Å². The Kier molecular flexibility index (Phi) is 9.30. The average Bonchev–Trinajstić information content (AvgIpc) is 2.75. The molecule has 0 aliphatic heterocycles. The topological polar surface area (TPSA) is 35.5 Å². The minimum atomic E-state index is -1.48. The molecule has 1 heterocycles. The SMILES string of the molecule is CCOC(Sc1sc(=O)sc1SC(OCC)[Si](C)(C)C)[Si](C)(C)C. The van der Waals surface area contributed by atoms with Crippen LogP contribution in [0.2, 0.25) is 39.3 Å². The van der Waals surface area contributed by atoms with Crippen LogP contribution >= 0.6 is 46.2 Å². The van der Waals surface area contributed by atoms with Crippen LogP contribution < -0.4 is 4.06 Å². The lowest BCUT2D eigenvalue weighted by Crippen LogP contribution is -2.38. The normalized spacial score (nSPS) is 15.5. The van der Waals surface area contributed by atoms with Crippen molar-refractivity contribution in [3.8, 4) is 0 Å². The summed E-state index contributed by atoms with van der Waals surface area (Å²) < 4.78 is 14.4. The molecular weight excluding hydrogens is 413 g/mol. The summed E-state index contributed by atoms with van der Waals surface area (Å²) in [6.45, 7) is 19.4. The molecule has 3 nitrogen and oxygen atoms in total. The lowest BCUT2D eigenvalue weighted by Gasteiger charge is -2.29. The molecule has 0 aliphatic carbocycles. The summed E-state index contributed by atoms with van der Waals surface area (Å²) in [5.41, 5.74) is 0. The fraction of sp³-hybridized carbons (Fsp3) is 0.800. The Morgan fingerprint density at radius 2 is 1.17 bits per heavy atom. The fourth-order valence-corrected chi connectivity index (χ4v) is 12.1. The highest BCUT2D eigenvalue weighted by molar-refractivity contribution is 8.06. The van der Waals surface area contributed by atoms with Gasteiger partial charge in [-0.05, 0) is 13.8 Å². The molecule has 0 radical (unpaired) electrons. The van der Waals surface area contributed by atoms with Crippen LogP contribution in [0.4, 0.5) is 0 Å². The second-order valence-electron chi connectivity index (χ2n) is 7.57. The van der Waals surface area contributed by atoms with Crippen LogP contribution in [0.25, 0.3) is 0 Å². The molecule has 0 bridgehead atoms. The molecule has 0 aromatic carbocycles. The van der Waals surface area contributed by atoms with Crippen LogP contribution in [-0.2, 0) is 9.47 Å². The Hall–Kier alpha value is 0.904. The molecule has 0 saturated carbocycles. The van der Waals surface area contributed by atoms with Crippen LogP contribution in [-0.4, -0.2) is 39.5 Å². The van der Waals surface area contributed by atoms with Crippen LogP contribution in [0.1, 0.15) is 13.8 Å². The molecule has 0 N–H and O–H groups in total. The van der Waals surface area contributed by atoms with Crippen molar-refractivity contribution in [2.75, 3.05) is 13.2 Å². The first-order valence-electron chi connectivity index (χ1n) is 8.19. The Balaban J connectivity index is 3.04. The van der Waals surface area contributed by atoms with Crippen LogP contribution in [0.15, 0.2) is 13.2 Å². The second-order valence-corrected chi connectivity index (χ2v) is 23.8. The van der Waals surface area contributed by atoms with E-state index in [1.54, 1.807) is 23.5 Å². The summed E-state index contributed by atoms with van der Waals surface area (Å²) in [7, 11) is -2.96. The molecule has 140 valence electrons. The third-order valence-electron chi connectivity index (χ3n) is 3.00. The molecule has 1 aromatic rings. The zero-order valence-electron chi connectivity index (χ0n) is 15.9. The fourth-order valence-electron chi connectivity index (χ4n) is 1.82. The van der Waals surface area contributed by atoms with Gasteiger partial charge in [-0.1, -0.05) is 85.5 Å². The predicted molar refractivity (Wildman–Crippen MR) is 118 cm³/mol. The minimum absolute atomic E-state index is 0.164. The van der Waals surface area contributed by atoms with E-state index >= 15 is 0 Å². The molecule has 1 rings (SSSR count). The highest BCUT2D eigenvalue weighted by atomic mass is 32.2. The Bertz CT molecular complexity index is 514. The highest BCUT2D eigenvalue weighted by Crippen LogP contribution is 2.43. The standard InChI is InChI=1S/C15H30O3S4Si2/c1-9-17-14(23(3,4)5)21-11-12(20-13(16)19-11)22-15(18-10-2)24(6,7)8/h14-15H,9-10H2,1-8H3. The maximum atomic E-state index is 12.0. The van der Waals surface area contributed by atoms with Crippen molar-refractivity contribution in [2.45, 2.75) is 71.7 Å². The number of rotatable bonds is 10. The third kappa shape index (κ3) is 7.26. The molecule has 0 fully saturated rings. The van der Waals surface area contributed by atoms with Crippen molar-refractivity contribution in [1.82, 2.24) is 0 Å². The van der Waals surface area contributed by atoms with Crippen molar-refractivity contribution in [2.24, 2.45) is 0 Å². The molecule has 0 spiro atoms. The van der Waals surface area contributed by atoms with E-state index in [9.17, 15) is 4.79 Å². The van der Waals surface area contributed by atoms with Gasteiger partial charge in [-0.2, -0.15) is 0 Å². The highest BCUT2D eigenvalue weighted by Gasteiger charge is 2.33. The molecular formula is C15H30O3S4Si2. The van der Waals surface area contributed by atoms with Gasteiger partial charge in [0.05, 0.1) is 34.7 Å². The summed E-state index contributed by atoms with van der Waals surface area (Å²) >= 11 is 6.22. The number of ether oxygens (including phenoxy) is 2. The van der Waals surface area contributed by atoms with Crippen LogP contribution in [0.3, 0.4) is 0 Å². The van der Waals surface area contributed by atoms with Crippen molar-refractivity contribution in [3.63, 3.8) is 0 Å². The molecule has 1 aromatic heterocycles. The monoisotopic (exact) mass is 442 g/mol. The lowest BCUT2D eigenvalue weighted by molar-refractivity contribution is 0.166. The van der Waals surface area contributed by atoms with E-state index in [2.05, 4.69) is 39.3 Å². The zero-order valence-corrected chi connectivity index (χ0v) is 21.2. The summed E-state index contributed by atoms with van der Waals surface area (Å²) in [6.07, 6.45) is 0. The third-order valence-corrected chi connectivity index (χ3v) is 15.9. The number of hydrogen-bond acceptors (Lipinski definition) is 7. The van der Waals surface area contributed by atoms with Crippen LogP contribution in [0.5, 0.6) is 0 Å². The molecule has 24 heavy (non-hydrogen) atoms. The second kappa shape index (κ2) is 9.73. The first-order valence-corrected chi connectivity index (χ1v) is 18.7. The number of hydrogen-bond donors (Lipinski definition) is 0. The van der Waals surface area contributed by atoms with Gasteiger partial charge in [-0.15, -0.1) is 0 Å². The summed E-state index contributed by atoms with van der Waals surface area (Å²) in [6, 6.07) is 0. The molecule has 2 atom stereocenters.